The van der Waals surface area contributed by atoms with Gasteiger partial charge in [-0.25, -0.2) is 0 Å². The average molecular weight is 184 g/mol. The minimum Gasteiger partial charge on any atom is -0.396 e. The van der Waals surface area contributed by atoms with E-state index < -0.39 is 24.9 Å². The van der Waals surface area contributed by atoms with Gasteiger partial charge in [0.1, 0.15) is 6.42 Å². The lowest BCUT2D eigenvalue weighted by atomic mass is 10.4. The quantitative estimate of drug-likeness (QED) is 0.376. The lowest BCUT2D eigenvalue weighted by Crippen LogP contribution is -2.32. The zero-order valence-electron chi connectivity index (χ0n) is 5.69. The van der Waals surface area contributed by atoms with Crippen molar-refractivity contribution in [2.75, 3.05) is 0 Å². The summed E-state index contributed by atoms with van der Waals surface area (Å²) in [5, 5.41) is 0. The van der Waals surface area contributed by atoms with Crippen LogP contribution in [0.2, 0.25) is 0 Å². The van der Waals surface area contributed by atoms with Crippen molar-refractivity contribution in [2.45, 2.75) is 19.0 Å². The standard InChI is InChI=1S/C6H4F4O2/c1-2-3-4(11)12-6(9,10)5(7)8/h1,5H,3H2. The number of hydrogen-bond donors (Lipinski definition) is 0. The number of ether oxygens (including phenoxy) is 1. The Balaban J connectivity index is 4.08. The van der Waals surface area contributed by atoms with E-state index in [0.717, 1.165) is 0 Å². The maximum Gasteiger partial charge on any atom is 0.463 e. The Morgan fingerprint density at radius 2 is 2.08 bits per heavy atom. The molecule has 6 heteroatoms. The molecule has 68 valence electrons. The third kappa shape index (κ3) is 3.23. The second-order valence-electron chi connectivity index (χ2n) is 1.72. The lowest BCUT2D eigenvalue weighted by molar-refractivity contribution is -0.284. The van der Waals surface area contributed by atoms with Crippen molar-refractivity contribution in [3.05, 3.63) is 0 Å². The molecule has 12 heavy (non-hydrogen) atoms. The summed E-state index contributed by atoms with van der Waals surface area (Å²) in [4.78, 5) is 10.2. The molecule has 0 atom stereocenters. The van der Waals surface area contributed by atoms with Gasteiger partial charge in [-0.1, -0.05) is 5.92 Å². The summed E-state index contributed by atoms with van der Waals surface area (Å²) in [5.74, 6) is 0.123. The number of rotatable bonds is 3. The fourth-order valence-corrected chi connectivity index (χ4v) is 0.316. The van der Waals surface area contributed by atoms with Crippen LogP contribution in [-0.2, 0) is 9.53 Å². The van der Waals surface area contributed by atoms with Gasteiger partial charge in [0.05, 0.1) is 0 Å². The number of esters is 1. The van der Waals surface area contributed by atoms with E-state index in [-0.39, 0.29) is 0 Å². The molecule has 0 heterocycles. The second-order valence-corrected chi connectivity index (χ2v) is 1.72. The van der Waals surface area contributed by atoms with Crippen LogP contribution in [0, 0.1) is 12.3 Å². The fraction of sp³-hybridized carbons (Fsp3) is 0.500. The Hall–Kier alpha value is -1.25. The van der Waals surface area contributed by atoms with Gasteiger partial charge in [-0.3, -0.25) is 4.79 Å². The summed E-state index contributed by atoms with van der Waals surface area (Å²) >= 11 is 0. The van der Waals surface area contributed by atoms with Crippen molar-refractivity contribution in [1.82, 2.24) is 0 Å². The molecule has 0 saturated carbocycles. The molecular formula is C6H4F4O2. The summed E-state index contributed by atoms with van der Waals surface area (Å²) in [6, 6.07) is 0. The Labute approximate surface area is 65.5 Å². The van der Waals surface area contributed by atoms with Gasteiger partial charge in [-0.2, -0.15) is 17.6 Å². The molecule has 0 unspecified atom stereocenters. The van der Waals surface area contributed by atoms with Crippen LogP contribution in [0.4, 0.5) is 17.6 Å². The van der Waals surface area contributed by atoms with Gasteiger partial charge in [0, 0.05) is 0 Å². The third-order valence-corrected chi connectivity index (χ3v) is 0.750. The first-order chi connectivity index (χ1) is 5.40. The summed E-state index contributed by atoms with van der Waals surface area (Å²) < 4.78 is 49.5. The molecule has 0 spiro atoms. The number of hydrogen-bond acceptors (Lipinski definition) is 2. The van der Waals surface area contributed by atoms with Gasteiger partial charge in [-0.05, 0) is 0 Å². The van der Waals surface area contributed by atoms with Crippen molar-refractivity contribution in [3.8, 4) is 12.3 Å². The van der Waals surface area contributed by atoms with E-state index in [1.165, 1.54) is 0 Å². The second kappa shape index (κ2) is 3.95. The first kappa shape index (κ1) is 10.8. The van der Waals surface area contributed by atoms with Gasteiger partial charge in [0.25, 0.3) is 0 Å². The molecular weight excluding hydrogens is 180 g/mol. The monoisotopic (exact) mass is 184 g/mol. The maximum absolute atomic E-state index is 11.9. The molecule has 0 radical (unpaired) electrons. The predicted molar refractivity (Wildman–Crippen MR) is 30.5 cm³/mol. The van der Waals surface area contributed by atoms with Gasteiger partial charge in [0.15, 0.2) is 0 Å². The number of halogens is 4. The molecule has 0 amide bonds. The largest absolute Gasteiger partial charge is 0.463 e. The molecule has 0 aliphatic heterocycles. The van der Waals surface area contributed by atoms with Crippen LogP contribution in [0.1, 0.15) is 6.42 Å². The van der Waals surface area contributed by atoms with Crippen molar-refractivity contribution < 1.29 is 27.1 Å². The zero-order valence-corrected chi connectivity index (χ0v) is 5.69. The Morgan fingerprint density at radius 1 is 1.58 bits per heavy atom. The van der Waals surface area contributed by atoms with E-state index in [2.05, 4.69) is 11.2 Å². The van der Waals surface area contributed by atoms with E-state index in [1.54, 1.807) is 5.92 Å². The van der Waals surface area contributed by atoms with Crippen LogP contribution in [0.25, 0.3) is 0 Å². The Morgan fingerprint density at radius 3 is 2.42 bits per heavy atom. The van der Waals surface area contributed by atoms with E-state index >= 15 is 0 Å². The smallest absolute Gasteiger partial charge is 0.396 e. The molecule has 0 bridgehead atoms. The molecule has 0 aliphatic carbocycles. The molecule has 0 aromatic heterocycles. The highest BCUT2D eigenvalue weighted by molar-refractivity contribution is 5.72. The lowest BCUT2D eigenvalue weighted by Gasteiger charge is -2.13. The number of carbonyl (C=O) groups is 1. The van der Waals surface area contributed by atoms with Gasteiger partial charge < -0.3 is 4.74 Å². The number of carbonyl (C=O) groups excluding carboxylic acids is 1. The van der Waals surface area contributed by atoms with Crippen LogP contribution < -0.4 is 0 Å². The SMILES string of the molecule is C#CCC(=O)OC(F)(F)C(F)F. The minimum atomic E-state index is -4.76. The van der Waals surface area contributed by atoms with Gasteiger partial charge in [-0.15, -0.1) is 6.42 Å². The normalized spacial score (nSPS) is 11.0. The summed E-state index contributed by atoms with van der Waals surface area (Å²) in [5.41, 5.74) is 0. The van der Waals surface area contributed by atoms with Crippen LogP contribution in [-0.4, -0.2) is 18.5 Å². The van der Waals surface area contributed by atoms with Crippen LogP contribution in [0.5, 0.6) is 0 Å². The zero-order chi connectivity index (χ0) is 9.78. The van der Waals surface area contributed by atoms with Crippen LogP contribution in [0.3, 0.4) is 0 Å². The minimum absolute atomic E-state index is 0.762. The molecule has 0 fully saturated rings. The maximum atomic E-state index is 11.9. The van der Waals surface area contributed by atoms with E-state index in [9.17, 15) is 22.4 Å². The highest BCUT2D eigenvalue weighted by Gasteiger charge is 2.45. The van der Waals surface area contributed by atoms with Crippen molar-refractivity contribution >= 4 is 5.97 Å². The molecule has 0 aliphatic rings. The van der Waals surface area contributed by atoms with Crippen molar-refractivity contribution in [3.63, 3.8) is 0 Å². The van der Waals surface area contributed by atoms with Gasteiger partial charge >= 0.3 is 18.5 Å². The molecule has 2 nitrogen and oxygen atoms in total. The number of terminal acetylenes is 1. The molecule has 0 aromatic rings. The van der Waals surface area contributed by atoms with Gasteiger partial charge in [0.2, 0.25) is 0 Å². The Bertz CT molecular complexity index is 206. The summed E-state index contributed by atoms with van der Waals surface area (Å²) in [6.07, 6.45) is -5.02. The highest BCUT2D eigenvalue weighted by atomic mass is 19.3. The van der Waals surface area contributed by atoms with Crippen molar-refractivity contribution in [2.24, 2.45) is 0 Å². The number of alkyl halides is 4. The van der Waals surface area contributed by atoms with Crippen LogP contribution >= 0.6 is 0 Å². The molecule has 0 N–H and O–H groups in total. The Kier molecular flexibility index (Phi) is 3.54. The van der Waals surface area contributed by atoms with E-state index in [4.69, 9.17) is 0 Å². The molecule has 0 rings (SSSR count). The summed E-state index contributed by atoms with van der Waals surface area (Å²) in [7, 11) is 0. The topological polar surface area (TPSA) is 26.3 Å². The predicted octanol–water partition coefficient (Wildman–Crippen LogP) is 1.41. The third-order valence-electron chi connectivity index (χ3n) is 0.750. The fourth-order valence-electron chi connectivity index (χ4n) is 0.316. The first-order valence-corrected chi connectivity index (χ1v) is 2.71. The van der Waals surface area contributed by atoms with E-state index in [1.807, 2.05) is 0 Å². The summed E-state index contributed by atoms with van der Waals surface area (Å²) in [6.45, 7) is 0. The highest BCUT2D eigenvalue weighted by Crippen LogP contribution is 2.24. The first-order valence-electron chi connectivity index (χ1n) is 2.71. The average Bonchev–Trinajstić information content (AvgIpc) is 1.85. The molecule has 0 aromatic carbocycles. The van der Waals surface area contributed by atoms with E-state index in [0.29, 0.717) is 0 Å². The molecule has 0 saturated heterocycles. The van der Waals surface area contributed by atoms with Crippen molar-refractivity contribution in [1.29, 1.82) is 0 Å². The van der Waals surface area contributed by atoms with Crippen LogP contribution in [0.15, 0.2) is 0 Å².